The van der Waals surface area contributed by atoms with Gasteiger partial charge in [0.25, 0.3) is 0 Å². The van der Waals surface area contributed by atoms with Gasteiger partial charge in [0, 0.05) is 9.52 Å². The molecule has 2 radical (unpaired) electrons. The second kappa shape index (κ2) is 21.5. The van der Waals surface area contributed by atoms with Crippen LogP contribution in [-0.4, -0.2) is 9.52 Å². The van der Waals surface area contributed by atoms with Gasteiger partial charge in [0.1, 0.15) is 0 Å². The zero-order chi connectivity index (χ0) is 41.9. The molecule has 8 aromatic carbocycles. The normalized spacial score (nSPS) is 10.7. The summed E-state index contributed by atoms with van der Waals surface area (Å²) < 4.78 is 0. The minimum absolute atomic E-state index is 0.491. The van der Waals surface area contributed by atoms with Crippen molar-refractivity contribution in [2.24, 2.45) is 0 Å². The Labute approximate surface area is 369 Å². The fraction of sp³-hybridized carbons (Fsp3) is 0.222. The van der Waals surface area contributed by atoms with Crippen LogP contribution in [0.1, 0.15) is 72.9 Å². The third-order valence-electron chi connectivity index (χ3n) is 10.3. The summed E-state index contributed by atoms with van der Waals surface area (Å²) in [5, 5.41) is 5.37. The Bertz CT molecular complexity index is 2320. The molecule has 0 fully saturated rings. The molecule has 0 nitrogen and oxygen atoms in total. The maximum absolute atomic E-state index is 4.93. The molecule has 8 aromatic rings. The van der Waals surface area contributed by atoms with E-state index in [-0.39, 0.29) is 0 Å². The van der Waals surface area contributed by atoms with Crippen molar-refractivity contribution in [2.75, 3.05) is 0 Å². The van der Waals surface area contributed by atoms with E-state index in [1.54, 1.807) is 0 Å². The number of hydrogen-bond donors (Lipinski definition) is 0. The average molecular weight is 895 g/mol. The summed E-state index contributed by atoms with van der Waals surface area (Å²) in [5.74, 6) is 0.982. The first kappa shape index (κ1) is 45.3. The molecule has 0 aliphatic rings. The van der Waals surface area contributed by atoms with Crippen LogP contribution >= 0.6 is 17.0 Å². The zero-order valence-electron chi connectivity index (χ0n) is 35.8. The van der Waals surface area contributed by atoms with Gasteiger partial charge in [-0.05, 0) is 61.8 Å². The molecule has 0 amide bonds. The summed E-state index contributed by atoms with van der Waals surface area (Å²) in [6, 6.07) is 53.7. The van der Waals surface area contributed by atoms with E-state index in [0.717, 1.165) is 9.52 Å². The van der Waals surface area contributed by atoms with Crippen LogP contribution in [-0.2, 0) is 20.8 Å². The number of benzene rings is 6. The van der Waals surface area contributed by atoms with Crippen LogP contribution in [0.2, 0.25) is 13.1 Å². The monoisotopic (exact) mass is 892 g/mol. The van der Waals surface area contributed by atoms with Gasteiger partial charge in [-0.15, -0.1) is 69.1 Å². The van der Waals surface area contributed by atoms with Gasteiger partial charge in [0.2, 0.25) is 0 Å². The van der Waals surface area contributed by atoms with Crippen LogP contribution in [0.25, 0.3) is 66.1 Å². The van der Waals surface area contributed by atoms with Crippen molar-refractivity contribution in [1.82, 2.24) is 0 Å². The van der Waals surface area contributed by atoms with E-state index in [4.69, 9.17) is 17.0 Å². The maximum atomic E-state index is 4.93. The molecule has 58 heavy (non-hydrogen) atoms. The number of rotatable bonds is 6. The first-order valence-corrected chi connectivity index (χ1v) is 28.5. The van der Waals surface area contributed by atoms with Crippen molar-refractivity contribution in [3.63, 3.8) is 0 Å². The average Bonchev–Trinajstić information content (AvgIpc) is 3.83. The van der Waals surface area contributed by atoms with Crippen molar-refractivity contribution < 1.29 is 20.8 Å². The Balaban J connectivity index is 0.000000195. The van der Waals surface area contributed by atoms with E-state index in [1.165, 1.54) is 99.4 Å². The van der Waals surface area contributed by atoms with Gasteiger partial charge in [-0.3, -0.25) is 0 Å². The number of halogens is 2. The standard InChI is InChI=1S/2C26H25.C2H6Si.2ClH.Zr/c2*1-17(2)24-11-10-21-15-22(20-8-6-5-7-9-20)16-25(21)26(24)23-13-18(3)12-19(4)14-23;1-3-2;;;/h2*5-17H,1-4H3;1-2H3;2*1H;/q2*-1;;;;+4/p-2. The molecule has 0 saturated carbocycles. The number of hydrogen-bond acceptors (Lipinski definition) is 0. The van der Waals surface area contributed by atoms with Gasteiger partial charge in [-0.25, -0.2) is 0 Å². The van der Waals surface area contributed by atoms with Gasteiger partial charge < -0.3 is 0 Å². The van der Waals surface area contributed by atoms with Gasteiger partial charge in [-0.2, -0.15) is 0 Å². The van der Waals surface area contributed by atoms with E-state index >= 15 is 0 Å². The molecule has 0 N–H and O–H groups in total. The van der Waals surface area contributed by atoms with E-state index in [1.807, 2.05) is 0 Å². The third-order valence-corrected chi connectivity index (χ3v) is 10.3. The second-order valence-corrected chi connectivity index (χ2v) is 20.7. The summed E-state index contributed by atoms with van der Waals surface area (Å²) in [7, 11) is 11.0. The van der Waals surface area contributed by atoms with E-state index in [2.05, 4.69) is 214 Å². The first-order valence-electron chi connectivity index (χ1n) is 20.2. The molecule has 0 atom stereocenters. The summed E-state index contributed by atoms with van der Waals surface area (Å²) >= 11 is -0.826. The molecule has 4 heteroatoms. The third kappa shape index (κ3) is 11.3. The number of aryl methyl sites for hydroxylation is 4. The molecule has 294 valence electrons. The van der Waals surface area contributed by atoms with Gasteiger partial charge in [0.15, 0.2) is 0 Å². The van der Waals surface area contributed by atoms with Gasteiger partial charge in [0.05, 0.1) is 0 Å². The summed E-state index contributed by atoms with van der Waals surface area (Å²) in [5.41, 5.74) is 18.7. The van der Waals surface area contributed by atoms with E-state index in [9.17, 15) is 0 Å². The Kier molecular flexibility index (Phi) is 16.8. The van der Waals surface area contributed by atoms with Gasteiger partial charge in [-0.1, -0.05) is 194 Å². The Morgan fingerprint density at radius 1 is 0.448 bits per heavy atom. The van der Waals surface area contributed by atoms with Crippen molar-refractivity contribution in [3.05, 3.63) is 179 Å². The summed E-state index contributed by atoms with van der Waals surface area (Å²) in [4.78, 5) is 0. The van der Waals surface area contributed by atoms with Crippen LogP contribution in [0, 0.1) is 27.7 Å². The Morgan fingerprint density at radius 2 is 0.759 bits per heavy atom. The molecular formula is C54H56Cl2SiZr. The molecule has 0 aliphatic heterocycles. The first-order chi connectivity index (χ1) is 27.9. The molecular weight excluding hydrogens is 839 g/mol. The predicted molar refractivity (Wildman–Crippen MR) is 257 cm³/mol. The van der Waals surface area contributed by atoms with Crippen molar-refractivity contribution >= 4 is 48.1 Å². The summed E-state index contributed by atoms with van der Waals surface area (Å²) in [6.07, 6.45) is 0. The molecule has 0 bridgehead atoms. The van der Waals surface area contributed by atoms with Crippen molar-refractivity contribution in [2.45, 2.75) is 80.3 Å². The number of fused-ring (bicyclic) bond motifs is 2. The van der Waals surface area contributed by atoms with Crippen molar-refractivity contribution in [1.29, 1.82) is 0 Å². The topological polar surface area (TPSA) is 0 Å². The zero-order valence-corrected chi connectivity index (χ0v) is 40.7. The minimum atomic E-state index is -0.826. The predicted octanol–water partition coefficient (Wildman–Crippen LogP) is 17.4. The molecule has 8 rings (SSSR count). The summed E-state index contributed by atoms with van der Waals surface area (Å²) in [6.45, 7) is 22.2. The van der Waals surface area contributed by atoms with Crippen LogP contribution in [0.3, 0.4) is 0 Å². The fourth-order valence-corrected chi connectivity index (χ4v) is 8.04. The molecule has 0 unspecified atom stereocenters. The molecule has 0 spiro atoms. The molecule has 0 aromatic heterocycles. The molecule has 0 saturated heterocycles. The van der Waals surface area contributed by atoms with Crippen molar-refractivity contribution in [3.8, 4) is 44.5 Å². The van der Waals surface area contributed by atoms with Crippen LogP contribution < -0.4 is 0 Å². The van der Waals surface area contributed by atoms with Gasteiger partial charge >= 0.3 is 37.9 Å². The van der Waals surface area contributed by atoms with Crippen LogP contribution in [0.15, 0.2) is 146 Å². The molecule has 0 aliphatic carbocycles. The van der Waals surface area contributed by atoms with E-state index < -0.39 is 20.8 Å². The van der Waals surface area contributed by atoms with Crippen LogP contribution in [0.5, 0.6) is 0 Å². The quantitative estimate of drug-likeness (QED) is 0.115. The Morgan fingerprint density at radius 3 is 1.05 bits per heavy atom. The second-order valence-electron chi connectivity index (χ2n) is 15.9. The fourth-order valence-electron chi connectivity index (χ4n) is 8.04. The Hall–Kier alpha value is -3.78. The SMILES string of the molecule is C[Si]C.Cc1cc(C)cc(-c2c(C(C)C)ccc3[cH-]c(-c4ccccc4)cc23)c1.Cc1cc(C)cc(-c2c(C(C)C)ccc3[cH-]c(-c4ccccc4)cc23)c1.[Cl][Zr+2][Cl]. The molecule has 0 heterocycles. The van der Waals surface area contributed by atoms with E-state index in [0.29, 0.717) is 11.8 Å². The van der Waals surface area contributed by atoms with Crippen LogP contribution in [0.4, 0.5) is 0 Å².